The maximum atomic E-state index is 13.7. The van der Waals surface area contributed by atoms with E-state index in [0.29, 0.717) is 10.0 Å². The van der Waals surface area contributed by atoms with Gasteiger partial charge in [0, 0.05) is 17.5 Å². The average Bonchev–Trinajstić information content (AvgIpc) is 2.44. The van der Waals surface area contributed by atoms with Crippen LogP contribution in [-0.4, -0.2) is 22.3 Å². The quantitative estimate of drug-likeness (QED) is 0.220. The molecule has 26 heavy (non-hydrogen) atoms. The molecule has 1 unspecified atom stereocenters. The number of thioether (sulfide) groups is 1. The number of nitrogens with zero attached hydrogens (tertiary/aromatic N) is 1. The van der Waals surface area contributed by atoms with Gasteiger partial charge in [-0.1, -0.05) is 49.5 Å². The third-order valence-corrected chi connectivity index (χ3v) is 5.96. The number of alkyl halides is 8. The Balaban J connectivity index is 2.39. The predicted molar refractivity (Wildman–Crippen MR) is 93.1 cm³/mol. The summed E-state index contributed by atoms with van der Waals surface area (Å²) in [5.41, 5.74) is 0.455. The van der Waals surface area contributed by atoms with Crippen LogP contribution < -0.4 is 0 Å². The number of allylic oxidation sites excluding steroid dienone is 3. The molecular formula is C14H7Br2ClF7NS. The maximum absolute atomic E-state index is 13.7. The van der Waals surface area contributed by atoms with Crippen molar-refractivity contribution in [1.29, 1.82) is 0 Å². The number of hydrogen-bond acceptors (Lipinski definition) is 2. The van der Waals surface area contributed by atoms with E-state index in [1.165, 1.54) is 18.3 Å². The van der Waals surface area contributed by atoms with Crippen molar-refractivity contribution in [3.05, 3.63) is 50.6 Å². The largest absolute Gasteiger partial charge is 0.460 e. The second kappa shape index (κ2) is 7.29. The Hall–Kier alpha value is -0.260. The number of halogens is 10. The van der Waals surface area contributed by atoms with Crippen LogP contribution in [0, 0.1) is 0 Å². The van der Waals surface area contributed by atoms with Crippen LogP contribution in [0.2, 0.25) is 5.15 Å². The molecule has 0 amide bonds. The molecule has 144 valence electrons. The van der Waals surface area contributed by atoms with Crippen molar-refractivity contribution in [1.82, 2.24) is 4.98 Å². The lowest BCUT2D eigenvalue weighted by Crippen LogP contribution is -2.50. The van der Waals surface area contributed by atoms with Crippen LogP contribution >= 0.6 is 55.2 Å². The molecule has 1 aliphatic rings. The molecule has 0 spiro atoms. The molecule has 1 aliphatic carbocycles. The Bertz CT molecular complexity index is 749. The Kier molecular flexibility index (Phi) is 6.18. The Morgan fingerprint density at radius 3 is 2.23 bits per heavy atom. The summed E-state index contributed by atoms with van der Waals surface area (Å²) < 4.78 is 89.7. The minimum absolute atomic E-state index is 0.171. The molecule has 0 saturated carbocycles. The zero-order chi connectivity index (χ0) is 20.0. The molecule has 0 radical (unpaired) electrons. The van der Waals surface area contributed by atoms with E-state index < -0.39 is 38.3 Å². The fourth-order valence-electron chi connectivity index (χ4n) is 2.01. The first-order valence-corrected chi connectivity index (χ1v) is 9.37. The van der Waals surface area contributed by atoms with Gasteiger partial charge in [0.05, 0.1) is 4.32 Å². The van der Waals surface area contributed by atoms with E-state index in [9.17, 15) is 30.7 Å². The van der Waals surface area contributed by atoms with E-state index in [2.05, 4.69) is 36.8 Å². The van der Waals surface area contributed by atoms with Gasteiger partial charge < -0.3 is 0 Å². The topological polar surface area (TPSA) is 12.9 Å². The Morgan fingerprint density at radius 1 is 1.12 bits per heavy atom. The van der Waals surface area contributed by atoms with Gasteiger partial charge in [0.25, 0.3) is 0 Å². The number of rotatable bonds is 4. The highest BCUT2D eigenvalue weighted by molar-refractivity contribution is 9.12. The summed E-state index contributed by atoms with van der Waals surface area (Å²) in [4.78, 5) is 3.37. The lowest BCUT2D eigenvalue weighted by molar-refractivity contribution is -0.330. The summed E-state index contributed by atoms with van der Waals surface area (Å²) in [6.45, 7) is 0. The van der Waals surface area contributed by atoms with Gasteiger partial charge in [0.15, 0.2) is 0 Å². The fraction of sp³-hybridized carbons (Fsp3) is 0.357. The molecule has 1 nitrogen and oxygen atoms in total. The van der Waals surface area contributed by atoms with E-state index in [0.717, 1.165) is 12.2 Å². The maximum Gasteiger partial charge on any atom is 0.460 e. The smallest absolute Gasteiger partial charge is 0.244 e. The molecule has 0 N–H and O–H groups in total. The summed E-state index contributed by atoms with van der Waals surface area (Å²) in [5, 5.41) is -5.23. The van der Waals surface area contributed by atoms with E-state index in [1.807, 2.05) is 0 Å². The first-order chi connectivity index (χ1) is 11.7. The van der Waals surface area contributed by atoms with Crippen LogP contribution in [0.5, 0.6) is 0 Å². The minimum atomic E-state index is -6.38. The van der Waals surface area contributed by atoms with E-state index >= 15 is 0 Å². The van der Waals surface area contributed by atoms with Gasteiger partial charge in [0.1, 0.15) is 5.15 Å². The van der Waals surface area contributed by atoms with Crippen LogP contribution in [0.3, 0.4) is 0 Å². The molecule has 12 heteroatoms. The lowest BCUT2D eigenvalue weighted by Gasteiger charge is -2.31. The first kappa shape index (κ1) is 22.0. The van der Waals surface area contributed by atoms with Crippen LogP contribution in [0.25, 0.3) is 0 Å². The van der Waals surface area contributed by atoms with Crippen molar-refractivity contribution < 1.29 is 30.7 Å². The van der Waals surface area contributed by atoms with E-state index in [4.69, 9.17) is 11.6 Å². The van der Waals surface area contributed by atoms with Gasteiger partial charge in [0.2, 0.25) is 0 Å². The highest BCUT2D eigenvalue weighted by atomic mass is 79.9. The average molecular weight is 550 g/mol. The van der Waals surface area contributed by atoms with Gasteiger partial charge >= 0.3 is 17.4 Å². The zero-order valence-electron chi connectivity index (χ0n) is 12.2. The molecule has 1 aromatic rings. The van der Waals surface area contributed by atoms with Crippen molar-refractivity contribution in [2.75, 3.05) is 0 Å². The third kappa shape index (κ3) is 4.41. The molecule has 2 rings (SSSR count). The van der Waals surface area contributed by atoms with Crippen LogP contribution in [0.1, 0.15) is 12.0 Å². The van der Waals surface area contributed by atoms with Crippen LogP contribution in [-0.2, 0) is 4.32 Å². The fourth-order valence-corrected chi connectivity index (χ4v) is 5.28. The molecular weight excluding hydrogens is 542 g/mol. The van der Waals surface area contributed by atoms with E-state index in [-0.39, 0.29) is 11.6 Å². The highest BCUT2D eigenvalue weighted by Crippen LogP contribution is 2.56. The number of aromatic nitrogens is 1. The van der Waals surface area contributed by atoms with Gasteiger partial charge in [-0.15, -0.1) is 0 Å². The molecule has 0 fully saturated rings. The minimum Gasteiger partial charge on any atom is -0.244 e. The second-order valence-corrected chi connectivity index (χ2v) is 9.25. The molecule has 1 heterocycles. The van der Waals surface area contributed by atoms with Crippen molar-refractivity contribution in [3.8, 4) is 0 Å². The monoisotopic (exact) mass is 547 g/mol. The summed E-state index contributed by atoms with van der Waals surface area (Å²) in [6.07, 6.45) is -2.65. The van der Waals surface area contributed by atoms with Gasteiger partial charge in [-0.3, -0.25) is 0 Å². The van der Waals surface area contributed by atoms with Gasteiger partial charge in [-0.25, -0.2) is 4.98 Å². The summed E-state index contributed by atoms with van der Waals surface area (Å²) in [6, 6.07) is 2.95. The molecule has 0 aromatic carbocycles. The zero-order valence-corrected chi connectivity index (χ0v) is 17.0. The number of pyridine rings is 1. The first-order valence-electron chi connectivity index (χ1n) is 6.59. The van der Waals surface area contributed by atoms with Crippen molar-refractivity contribution >= 4 is 55.2 Å². The second-order valence-electron chi connectivity index (χ2n) is 5.24. The summed E-state index contributed by atoms with van der Waals surface area (Å²) >= 11 is 11.2. The third-order valence-electron chi connectivity index (χ3n) is 3.27. The molecule has 0 aliphatic heterocycles. The van der Waals surface area contributed by atoms with Gasteiger partial charge in [-0.2, -0.15) is 30.7 Å². The van der Waals surface area contributed by atoms with Crippen LogP contribution in [0.4, 0.5) is 30.7 Å². The van der Waals surface area contributed by atoms with Gasteiger partial charge in [-0.05, 0) is 40.0 Å². The standard InChI is InChI=1S/C14H7Br2ClF7NS/c15-8-3-9(26-14(23,24)12(18,19)13(20,21)22)5-11(16,4-8)7-1-2-10(17)25-6-7/h1-3,5-6H,4H2. The Labute approximate surface area is 169 Å². The molecule has 0 saturated heterocycles. The van der Waals surface area contributed by atoms with Crippen LogP contribution in [0.15, 0.2) is 39.9 Å². The Morgan fingerprint density at radius 2 is 1.73 bits per heavy atom. The van der Waals surface area contributed by atoms with Crippen molar-refractivity contribution in [3.63, 3.8) is 0 Å². The molecule has 1 atom stereocenters. The summed E-state index contributed by atoms with van der Waals surface area (Å²) in [7, 11) is 0. The highest BCUT2D eigenvalue weighted by Gasteiger charge is 2.73. The number of hydrogen-bond donors (Lipinski definition) is 0. The lowest BCUT2D eigenvalue weighted by atomic mass is 9.93. The van der Waals surface area contributed by atoms with Crippen molar-refractivity contribution in [2.24, 2.45) is 0 Å². The molecule has 0 bridgehead atoms. The normalized spacial score (nSPS) is 22.1. The van der Waals surface area contributed by atoms with E-state index in [1.54, 1.807) is 0 Å². The predicted octanol–water partition coefficient (Wildman–Crippen LogP) is 7.42. The summed E-state index contributed by atoms with van der Waals surface area (Å²) in [5.74, 6) is -6.19. The SMILES string of the molecule is FC(F)(F)C(F)(F)C(F)(F)SC1=CC(Br)(c2ccc(Cl)nc2)CC(Br)=C1. The van der Waals surface area contributed by atoms with Crippen molar-refractivity contribution in [2.45, 2.75) is 28.1 Å². The molecule has 1 aromatic heterocycles.